The SMILES string of the molecule is COc1cc(C)c(C)cc1S(=O)(=O)NCCN1C(=O)c2ccccc2C1=O. The molecule has 1 aliphatic heterocycles. The van der Waals surface area contributed by atoms with Crippen LogP contribution in [0.4, 0.5) is 0 Å². The summed E-state index contributed by atoms with van der Waals surface area (Å²) in [7, 11) is -2.46. The third-order valence-electron chi connectivity index (χ3n) is 4.58. The minimum Gasteiger partial charge on any atom is -0.495 e. The van der Waals surface area contributed by atoms with Crippen LogP contribution in [0.2, 0.25) is 0 Å². The molecule has 2 amide bonds. The molecule has 0 unspecified atom stereocenters. The summed E-state index contributed by atoms with van der Waals surface area (Å²) in [6.45, 7) is 3.53. The summed E-state index contributed by atoms with van der Waals surface area (Å²) in [5.74, 6) is -0.594. The number of aryl methyl sites for hydroxylation is 2. The monoisotopic (exact) mass is 388 g/mol. The summed E-state index contributed by atoms with van der Waals surface area (Å²) in [6, 6.07) is 9.73. The van der Waals surface area contributed by atoms with E-state index in [0.717, 1.165) is 16.0 Å². The standard InChI is InChI=1S/C19H20N2O5S/c1-12-10-16(26-3)17(11-13(12)2)27(24,25)20-8-9-21-18(22)14-6-4-5-7-15(14)19(21)23/h4-7,10-11,20H,8-9H2,1-3H3. The Hall–Kier alpha value is -2.71. The number of benzene rings is 2. The maximum atomic E-state index is 12.7. The van der Waals surface area contributed by atoms with Crippen LogP contribution in [0.5, 0.6) is 5.75 Å². The Morgan fingerprint density at radius 3 is 2.11 bits per heavy atom. The highest BCUT2D eigenvalue weighted by Crippen LogP contribution is 2.27. The number of sulfonamides is 1. The van der Waals surface area contributed by atoms with Crippen LogP contribution in [0.1, 0.15) is 31.8 Å². The predicted octanol–water partition coefficient (Wildman–Crippen LogP) is 1.89. The van der Waals surface area contributed by atoms with Gasteiger partial charge in [-0.05, 0) is 49.2 Å². The summed E-state index contributed by atoms with van der Waals surface area (Å²) < 4.78 is 32.9. The number of hydrogen-bond donors (Lipinski definition) is 1. The van der Waals surface area contributed by atoms with Gasteiger partial charge in [0, 0.05) is 13.1 Å². The Morgan fingerprint density at radius 1 is 1.00 bits per heavy atom. The number of fused-ring (bicyclic) bond motifs is 1. The van der Waals surface area contributed by atoms with Gasteiger partial charge in [-0.3, -0.25) is 14.5 Å². The molecule has 0 fully saturated rings. The van der Waals surface area contributed by atoms with Crippen molar-refractivity contribution in [2.45, 2.75) is 18.7 Å². The quantitative estimate of drug-likeness (QED) is 0.763. The van der Waals surface area contributed by atoms with Crippen LogP contribution in [0.25, 0.3) is 0 Å². The van der Waals surface area contributed by atoms with E-state index in [-0.39, 0.29) is 23.7 Å². The molecule has 3 rings (SSSR count). The van der Waals surface area contributed by atoms with Crippen molar-refractivity contribution in [3.05, 3.63) is 58.7 Å². The van der Waals surface area contributed by atoms with E-state index >= 15 is 0 Å². The number of hydrogen-bond acceptors (Lipinski definition) is 5. The van der Waals surface area contributed by atoms with Gasteiger partial charge in [0.1, 0.15) is 10.6 Å². The summed E-state index contributed by atoms with van der Waals surface area (Å²) in [6.07, 6.45) is 0. The van der Waals surface area contributed by atoms with E-state index in [1.54, 1.807) is 36.4 Å². The number of carbonyl (C=O) groups excluding carboxylic acids is 2. The Morgan fingerprint density at radius 2 is 1.56 bits per heavy atom. The average molecular weight is 388 g/mol. The molecule has 2 aromatic carbocycles. The van der Waals surface area contributed by atoms with Gasteiger partial charge >= 0.3 is 0 Å². The summed E-state index contributed by atoms with van der Waals surface area (Å²) in [4.78, 5) is 25.7. The van der Waals surface area contributed by atoms with Gasteiger partial charge in [-0.2, -0.15) is 0 Å². The number of nitrogens with one attached hydrogen (secondary N) is 1. The fraction of sp³-hybridized carbons (Fsp3) is 0.263. The van der Waals surface area contributed by atoms with Gasteiger partial charge in [0.05, 0.1) is 18.2 Å². The van der Waals surface area contributed by atoms with Crippen molar-refractivity contribution >= 4 is 21.8 Å². The fourth-order valence-electron chi connectivity index (χ4n) is 2.94. The molecule has 27 heavy (non-hydrogen) atoms. The lowest BCUT2D eigenvalue weighted by Gasteiger charge is -2.16. The minimum atomic E-state index is -3.86. The molecule has 0 saturated carbocycles. The molecule has 0 aliphatic carbocycles. The van der Waals surface area contributed by atoms with Gasteiger partial charge in [-0.25, -0.2) is 13.1 Å². The van der Waals surface area contributed by atoms with Gasteiger partial charge in [0.25, 0.3) is 11.8 Å². The van der Waals surface area contributed by atoms with E-state index in [1.807, 2.05) is 13.8 Å². The van der Waals surface area contributed by atoms with Crippen molar-refractivity contribution in [3.8, 4) is 5.75 Å². The molecule has 0 saturated heterocycles. The molecule has 0 radical (unpaired) electrons. The van der Waals surface area contributed by atoms with E-state index in [9.17, 15) is 18.0 Å². The normalized spacial score (nSPS) is 13.8. The Bertz CT molecular complexity index is 995. The van der Waals surface area contributed by atoms with Crippen LogP contribution >= 0.6 is 0 Å². The number of rotatable bonds is 6. The number of ether oxygens (including phenoxy) is 1. The lowest BCUT2D eigenvalue weighted by atomic mass is 10.1. The first-order valence-electron chi connectivity index (χ1n) is 8.36. The van der Waals surface area contributed by atoms with Crippen LogP contribution in [0.3, 0.4) is 0 Å². The number of imide groups is 1. The van der Waals surface area contributed by atoms with Gasteiger partial charge in [-0.1, -0.05) is 12.1 Å². The summed E-state index contributed by atoms with van der Waals surface area (Å²) in [5.41, 5.74) is 2.40. The van der Waals surface area contributed by atoms with Crippen LogP contribution < -0.4 is 9.46 Å². The van der Waals surface area contributed by atoms with Crippen LogP contribution in [0.15, 0.2) is 41.3 Å². The molecule has 0 spiro atoms. The van der Waals surface area contributed by atoms with E-state index in [1.165, 1.54) is 7.11 Å². The molecule has 8 heteroatoms. The van der Waals surface area contributed by atoms with Crippen molar-refractivity contribution in [1.29, 1.82) is 0 Å². The van der Waals surface area contributed by atoms with Crippen molar-refractivity contribution in [2.75, 3.05) is 20.2 Å². The van der Waals surface area contributed by atoms with Gasteiger partial charge < -0.3 is 4.74 Å². The lowest BCUT2D eigenvalue weighted by molar-refractivity contribution is 0.0657. The second kappa shape index (κ2) is 7.13. The lowest BCUT2D eigenvalue weighted by Crippen LogP contribution is -2.38. The predicted molar refractivity (Wildman–Crippen MR) is 99.5 cm³/mol. The Balaban J connectivity index is 1.74. The molecule has 0 bridgehead atoms. The van der Waals surface area contributed by atoms with E-state index in [0.29, 0.717) is 11.1 Å². The fourth-order valence-corrected chi connectivity index (χ4v) is 4.20. The topological polar surface area (TPSA) is 92.8 Å². The summed E-state index contributed by atoms with van der Waals surface area (Å²) >= 11 is 0. The van der Waals surface area contributed by atoms with Gasteiger partial charge in [0.2, 0.25) is 10.0 Å². The summed E-state index contributed by atoms with van der Waals surface area (Å²) in [5, 5.41) is 0. The molecule has 1 N–H and O–H groups in total. The zero-order valence-electron chi connectivity index (χ0n) is 15.3. The van der Waals surface area contributed by atoms with Gasteiger partial charge in [0.15, 0.2) is 0 Å². The number of methoxy groups -OCH3 is 1. The average Bonchev–Trinajstić information content (AvgIpc) is 2.88. The maximum absolute atomic E-state index is 12.7. The van der Waals surface area contributed by atoms with Crippen LogP contribution in [-0.4, -0.2) is 45.3 Å². The highest BCUT2D eigenvalue weighted by molar-refractivity contribution is 7.89. The third-order valence-corrected chi connectivity index (χ3v) is 6.06. The second-order valence-corrected chi connectivity index (χ2v) is 8.03. The zero-order valence-corrected chi connectivity index (χ0v) is 16.1. The first-order chi connectivity index (χ1) is 12.8. The zero-order chi connectivity index (χ0) is 19.8. The van der Waals surface area contributed by atoms with Crippen molar-refractivity contribution in [3.63, 3.8) is 0 Å². The Labute approximate surface area is 158 Å². The van der Waals surface area contributed by atoms with Crippen molar-refractivity contribution in [1.82, 2.24) is 9.62 Å². The minimum absolute atomic E-state index is 0.0236. The smallest absolute Gasteiger partial charge is 0.261 e. The first kappa shape index (κ1) is 19.1. The molecule has 2 aromatic rings. The molecular formula is C19H20N2O5S. The third kappa shape index (κ3) is 3.45. The number of carbonyl (C=O) groups is 2. The molecule has 0 aromatic heterocycles. The number of nitrogens with zero attached hydrogens (tertiary/aromatic N) is 1. The van der Waals surface area contributed by atoms with Crippen LogP contribution in [-0.2, 0) is 10.0 Å². The molecular weight excluding hydrogens is 368 g/mol. The van der Waals surface area contributed by atoms with Crippen molar-refractivity contribution < 1.29 is 22.7 Å². The maximum Gasteiger partial charge on any atom is 0.261 e. The molecule has 142 valence electrons. The highest BCUT2D eigenvalue weighted by Gasteiger charge is 2.34. The molecule has 0 atom stereocenters. The molecule has 1 aliphatic rings. The largest absolute Gasteiger partial charge is 0.495 e. The van der Waals surface area contributed by atoms with E-state index in [2.05, 4.69) is 4.72 Å². The van der Waals surface area contributed by atoms with E-state index in [4.69, 9.17) is 4.74 Å². The first-order valence-corrected chi connectivity index (χ1v) is 9.84. The van der Waals surface area contributed by atoms with Gasteiger partial charge in [-0.15, -0.1) is 0 Å². The van der Waals surface area contributed by atoms with E-state index < -0.39 is 21.8 Å². The molecule has 1 heterocycles. The second-order valence-electron chi connectivity index (χ2n) is 6.29. The van der Waals surface area contributed by atoms with Crippen molar-refractivity contribution in [2.24, 2.45) is 0 Å². The van der Waals surface area contributed by atoms with Crippen LogP contribution in [0, 0.1) is 13.8 Å². The number of amides is 2. The molecule has 7 nitrogen and oxygen atoms in total. The Kier molecular flexibility index (Phi) is 5.03. The highest BCUT2D eigenvalue weighted by atomic mass is 32.2.